The summed E-state index contributed by atoms with van der Waals surface area (Å²) in [6.07, 6.45) is 0. The molecule has 0 aromatic rings. The third-order valence-electron chi connectivity index (χ3n) is 0.247. The third kappa shape index (κ3) is 0.261. The van der Waals surface area contributed by atoms with Crippen LogP contribution in [-0.2, 0) is 0 Å². The SMILES string of the molecule is [CH]1N=NN=N1. The fraction of sp³-hybridized carbons (Fsp3) is 0. The van der Waals surface area contributed by atoms with Gasteiger partial charge in [-0.05, 0) is 10.4 Å². The summed E-state index contributed by atoms with van der Waals surface area (Å²) in [6, 6.07) is 0. The highest BCUT2D eigenvalue weighted by Crippen LogP contribution is 1.93. The molecule has 4 heteroatoms. The fourth-order valence-electron chi connectivity index (χ4n) is 0.115. The molecule has 0 aromatic heterocycles. The van der Waals surface area contributed by atoms with Crippen LogP contribution in [0, 0.1) is 6.67 Å². The van der Waals surface area contributed by atoms with Gasteiger partial charge < -0.3 is 0 Å². The average Bonchev–Trinajstić information content (AvgIpc) is 1.76. The van der Waals surface area contributed by atoms with Gasteiger partial charge >= 0.3 is 0 Å². The van der Waals surface area contributed by atoms with Crippen molar-refractivity contribution in [2.45, 2.75) is 0 Å². The minimum absolute atomic E-state index is 1.28. The predicted octanol–water partition coefficient (Wildman–Crippen LogP) is 0.939. The van der Waals surface area contributed by atoms with Crippen molar-refractivity contribution in [1.29, 1.82) is 0 Å². The van der Waals surface area contributed by atoms with Crippen molar-refractivity contribution in [2.24, 2.45) is 20.7 Å². The average molecular weight is 69.0 g/mol. The molecule has 1 radical (unpaired) electrons. The van der Waals surface area contributed by atoms with Crippen LogP contribution in [0.25, 0.3) is 0 Å². The molecule has 0 amide bonds. The number of hydrogen-bond acceptors (Lipinski definition) is 4. The van der Waals surface area contributed by atoms with Crippen LogP contribution in [0.4, 0.5) is 0 Å². The van der Waals surface area contributed by atoms with Crippen molar-refractivity contribution in [3.05, 3.63) is 6.67 Å². The largest absolute Gasteiger partial charge is 0.231 e. The Morgan fingerprint density at radius 3 is 1.80 bits per heavy atom. The minimum Gasteiger partial charge on any atom is -0.133 e. The van der Waals surface area contributed by atoms with E-state index in [1.165, 1.54) is 6.67 Å². The van der Waals surface area contributed by atoms with E-state index in [0.717, 1.165) is 0 Å². The molecule has 1 heterocycles. The summed E-state index contributed by atoms with van der Waals surface area (Å²) in [5, 5.41) is 12.7. The first-order valence-electron chi connectivity index (χ1n) is 1.12. The molecule has 0 N–H and O–H groups in total. The zero-order chi connectivity index (χ0) is 3.54. The highest BCUT2D eigenvalue weighted by molar-refractivity contribution is 4.50. The lowest BCUT2D eigenvalue weighted by Gasteiger charge is -1.49. The standard InChI is InChI=1S/CHN4/c1-2-4-5-3-1/h1H. The number of hydrogen-bond donors (Lipinski definition) is 0. The maximum absolute atomic E-state index is 3.25. The van der Waals surface area contributed by atoms with Gasteiger partial charge in [-0.25, -0.2) is 0 Å². The second-order valence-electron chi connectivity index (χ2n) is 0.525. The van der Waals surface area contributed by atoms with E-state index in [9.17, 15) is 0 Å². The van der Waals surface area contributed by atoms with Crippen LogP contribution in [-0.4, -0.2) is 0 Å². The van der Waals surface area contributed by atoms with Gasteiger partial charge in [0.1, 0.15) is 0 Å². The van der Waals surface area contributed by atoms with Crippen LogP contribution < -0.4 is 0 Å². The Labute approximate surface area is 28.6 Å². The lowest BCUT2D eigenvalue weighted by molar-refractivity contribution is 1.06. The lowest BCUT2D eigenvalue weighted by atomic mass is 11.2. The van der Waals surface area contributed by atoms with E-state index < -0.39 is 0 Å². The molecule has 1 aliphatic rings. The van der Waals surface area contributed by atoms with Crippen LogP contribution in [0.3, 0.4) is 0 Å². The van der Waals surface area contributed by atoms with Gasteiger partial charge in [0.15, 0.2) is 0 Å². The van der Waals surface area contributed by atoms with Crippen molar-refractivity contribution in [2.75, 3.05) is 0 Å². The normalized spacial score (nSPS) is 17.6. The number of nitrogens with zero attached hydrogens (tertiary/aromatic N) is 4. The second-order valence-corrected chi connectivity index (χ2v) is 0.525. The molecule has 0 bridgehead atoms. The minimum atomic E-state index is 1.28. The van der Waals surface area contributed by atoms with Crippen LogP contribution in [0.15, 0.2) is 20.7 Å². The monoisotopic (exact) mass is 69.0 g/mol. The molecule has 5 heavy (non-hydrogen) atoms. The molecule has 0 aromatic carbocycles. The molecule has 0 saturated heterocycles. The zero-order valence-electron chi connectivity index (χ0n) is 2.37. The van der Waals surface area contributed by atoms with Crippen LogP contribution in [0.1, 0.15) is 0 Å². The van der Waals surface area contributed by atoms with Crippen molar-refractivity contribution in [1.82, 2.24) is 0 Å². The second kappa shape index (κ2) is 0.878. The lowest BCUT2D eigenvalue weighted by Crippen LogP contribution is -1.38. The first kappa shape index (κ1) is 2.44. The molecule has 4 nitrogen and oxygen atoms in total. The molecule has 1 rings (SSSR count). The Hall–Kier alpha value is -0.800. The predicted molar refractivity (Wildman–Crippen MR) is 14.0 cm³/mol. The topological polar surface area (TPSA) is 49.4 Å². The molecule has 0 aliphatic carbocycles. The Morgan fingerprint density at radius 1 is 1.00 bits per heavy atom. The first-order chi connectivity index (χ1) is 2.50. The smallest absolute Gasteiger partial charge is 0.133 e. The molecule has 0 atom stereocenters. The Balaban J connectivity index is 2.61. The summed E-state index contributed by atoms with van der Waals surface area (Å²) in [5.74, 6) is 0. The van der Waals surface area contributed by atoms with E-state index in [4.69, 9.17) is 0 Å². The van der Waals surface area contributed by atoms with Gasteiger partial charge in [0.25, 0.3) is 0 Å². The number of rotatable bonds is 0. The summed E-state index contributed by atoms with van der Waals surface area (Å²) in [6.45, 7) is 1.28. The molecule has 0 spiro atoms. The highest BCUT2D eigenvalue weighted by Gasteiger charge is 1.78. The quantitative estimate of drug-likeness (QED) is 0.406. The maximum atomic E-state index is 3.25. The van der Waals surface area contributed by atoms with Gasteiger partial charge in [0, 0.05) is 0 Å². The van der Waals surface area contributed by atoms with Crippen LogP contribution in [0.2, 0.25) is 0 Å². The van der Waals surface area contributed by atoms with E-state index in [1.54, 1.807) is 0 Å². The molecule has 25 valence electrons. The van der Waals surface area contributed by atoms with Crippen LogP contribution in [0.5, 0.6) is 0 Å². The molecule has 1 aliphatic heterocycles. The summed E-state index contributed by atoms with van der Waals surface area (Å²) >= 11 is 0. The Morgan fingerprint density at radius 2 is 1.60 bits per heavy atom. The molecule has 0 fully saturated rings. The molecular formula is CHN4. The Kier molecular flexibility index (Phi) is 0.428. The Bertz CT molecular complexity index is 61.7. The molecule has 0 saturated carbocycles. The van der Waals surface area contributed by atoms with Gasteiger partial charge in [0.05, 0.1) is 0 Å². The molecular weight excluding hydrogens is 68.0 g/mol. The summed E-state index contributed by atoms with van der Waals surface area (Å²) in [5.41, 5.74) is 0. The molecule has 0 unspecified atom stereocenters. The van der Waals surface area contributed by atoms with Gasteiger partial charge in [-0.2, -0.15) is 0 Å². The summed E-state index contributed by atoms with van der Waals surface area (Å²) < 4.78 is 0. The van der Waals surface area contributed by atoms with Crippen molar-refractivity contribution < 1.29 is 0 Å². The van der Waals surface area contributed by atoms with Crippen molar-refractivity contribution in [3.8, 4) is 0 Å². The van der Waals surface area contributed by atoms with Gasteiger partial charge in [0.2, 0.25) is 6.67 Å². The van der Waals surface area contributed by atoms with E-state index in [2.05, 4.69) is 20.7 Å². The summed E-state index contributed by atoms with van der Waals surface area (Å²) in [4.78, 5) is 0. The third-order valence-corrected chi connectivity index (χ3v) is 0.247. The van der Waals surface area contributed by atoms with E-state index in [0.29, 0.717) is 0 Å². The van der Waals surface area contributed by atoms with Gasteiger partial charge in [-0.15, -0.1) is 10.2 Å². The van der Waals surface area contributed by atoms with E-state index in [1.807, 2.05) is 0 Å². The van der Waals surface area contributed by atoms with Gasteiger partial charge in [-0.1, -0.05) is 0 Å². The van der Waals surface area contributed by atoms with Gasteiger partial charge in [-0.3, -0.25) is 0 Å². The maximum Gasteiger partial charge on any atom is 0.231 e. The fourth-order valence-corrected chi connectivity index (χ4v) is 0.115. The zero-order valence-corrected chi connectivity index (χ0v) is 2.37. The van der Waals surface area contributed by atoms with E-state index in [-0.39, 0.29) is 0 Å². The first-order valence-corrected chi connectivity index (χ1v) is 1.12. The van der Waals surface area contributed by atoms with Crippen molar-refractivity contribution in [3.63, 3.8) is 0 Å². The summed E-state index contributed by atoms with van der Waals surface area (Å²) in [7, 11) is 0. The van der Waals surface area contributed by atoms with Crippen molar-refractivity contribution >= 4 is 0 Å². The van der Waals surface area contributed by atoms with E-state index >= 15 is 0 Å². The van der Waals surface area contributed by atoms with Crippen LogP contribution >= 0.6 is 0 Å². The highest BCUT2D eigenvalue weighted by atomic mass is 15.5.